The van der Waals surface area contributed by atoms with Crippen LogP contribution in [-0.2, 0) is 4.84 Å². The van der Waals surface area contributed by atoms with Gasteiger partial charge in [0.1, 0.15) is 10.7 Å². The van der Waals surface area contributed by atoms with Crippen molar-refractivity contribution in [1.29, 1.82) is 0 Å². The molecule has 0 aromatic heterocycles. The minimum atomic E-state index is -0.916. The van der Waals surface area contributed by atoms with Crippen LogP contribution in [0.2, 0.25) is 0 Å². The fraction of sp³-hybridized carbons (Fsp3) is 0.588. The number of nitrogens with zero attached hydrogens (tertiary/aromatic N) is 1. The molecule has 4 aliphatic carbocycles. The summed E-state index contributed by atoms with van der Waals surface area (Å²) in [5, 5.41) is 5.35. The summed E-state index contributed by atoms with van der Waals surface area (Å²) in [7, 11) is 0. The number of benzene rings is 1. The summed E-state index contributed by atoms with van der Waals surface area (Å²) in [6.07, 6.45) is 4.36. The molecule has 5 aliphatic rings. The molecule has 0 amide bonds. The Balaban J connectivity index is 1.47. The first-order valence-electron chi connectivity index (χ1n) is 7.86. The second-order valence-corrected chi connectivity index (χ2v) is 8.40. The van der Waals surface area contributed by atoms with Crippen molar-refractivity contribution in [2.75, 3.05) is 0 Å². The zero-order valence-electron chi connectivity index (χ0n) is 11.8. The molecule has 110 valence electrons. The van der Waals surface area contributed by atoms with Crippen LogP contribution < -0.4 is 0 Å². The van der Waals surface area contributed by atoms with Gasteiger partial charge in [-0.25, -0.2) is 4.39 Å². The molecule has 5 atom stereocenters. The Morgan fingerprint density at radius 1 is 1.10 bits per heavy atom. The number of thioether (sulfide) groups is 1. The molecular weight excluding hydrogens is 285 g/mol. The van der Waals surface area contributed by atoms with Gasteiger partial charge in [0.25, 0.3) is 0 Å². The summed E-state index contributed by atoms with van der Waals surface area (Å²) in [6.45, 7) is 0. The van der Waals surface area contributed by atoms with Gasteiger partial charge in [-0.1, -0.05) is 47.2 Å². The predicted octanol–water partition coefficient (Wildman–Crippen LogP) is 4.36. The van der Waals surface area contributed by atoms with Gasteiger partial charge in [0.05, 0.1) is 0 Å². The first-order chi connectivity index (χ1) is 10.2. The number of oxime groups is 1. The summed E-state index contributed by atoms with van der Waals surface area (Å²) < 4.78 is 14.8. The van der Waals surface area contributed by atoms with Gasteiger partial charge >= 0.3 is 0 Å². The largest absolute Gasteiger partial charge is 0.376 e. The van der Waals surface area contributed by atoms with Gasteiger partial charge in [0.15, 0.2) is 4.93 Å². The summed E-state index contributed by atoms with van der Waals surface area (Å²) >= 11 is 1.76. The van der Waals surface area contributed by atoms with E-state index in [2.05, 4.69) is 17.3 Å². The molecular formula is C17H18FNOS. The number of alkyl halides is 1. The molecule has 3 unspecified atom stereocenters. The second kappa shape index (κ2) is 4.03. The van der Waals surface area contributed by atoms with Crippen molar-refractivity contribution in [3.63, 3.8) is 0 Å². The normalized spacial score (nSPS) is 46.7. The van der Waals surface area contributed by atoms with Gasteiger partial charge in [-0.05, 0) is 38.0 Å². The molecule has 4 heteroatoms. The second-order valence-electron chi connectivity index (χ2n) is 7.17. The maximum Gasteiger partial charge on any atom is 0.194 e. The average molecular weight is 303 g/mol. The fourth-order valence-electron chi connectivity index (χ4n) is 5.14. The molecule has 1 aromatic rings. The van der Waals surface area contributed by atoms with E-state index in [0.717, 1.165) is 29.9 Å². The van der Waals surface area contributed by atoms with E-state index < -0.39 is 5.67 Å². The minimum absolute atomic E-state index is 0.280. The molecule has 1 heterocycles. The lowest BCUT2D eigenvalue weighted by molar-refractivity contribution is -0.180. The quantitative estimate of drug-likeness (QED) is 0.769. The van der Waals surface area contributed by atoms with Gasteiger partial charge in [-0.15, -0.1) is 0 Å². The lowest BCUT2D eigenvalue weighted by Crippen LogP contribution is -2.60. The van der Waals surface area contributed by atoms with Crippen molar-refractivity contribution >= 4 is 16.8 Å². The van der Waals surface area contributed by atoms with Crippen LogP contribution in [0.1, 0.15) is 37.7 Å². The zero-order valence-corrected chi connectivity index (χ0v) is 12.6. The first kappa shape index (κ1) is 12.5. The van der Waals surface area contributed by atoms with Gasteiger partial charge in [-0.3, -0.25) is 0 Å². The molecule has 21 heavy (non-hydrogen) atoms. The molecule has 0 saturated heterocycles. The molecule has 1 spiro atoms. The topological polar surface area (TPSA) is 21.6 Å². The predicted molar refractivity (Wildman–Crippen MR) is 81.8 cm³/mol. The van der Waals surface area contributed by atoms with Crippen LogP contribution in [0.4, 0.5) is 4.39 Å². The zero-order chi connectivity index (χ0) is 14.1. The molecule has 1 aromatic carbocycles. The molecule has 2 nitrogen and oxygen atoms in total. The van der Waals surface area contributed by atoms with E-state index in [1.54, 1.807) is 11.8 Å². The van der Waals surface area contributed by atoms with E-state index in [1.165, 1.54) is 0 Å². The standard InChI is InChI=1S/C17H18FNOS/c18-16-8-11-6-13(9-16)17(14(7-11)10-16)20-19-15(21-17)12-4-2-1-3-5-12/h1-5,11,13-14H,6-10H2/t11?,13-,14+,16?,17?. The number of hydrogen-bond donors (Lipinski definition) is 0. The monoisotopic (exact) mass is 303 g/mol. The Labute approximate surface area is 128 Å². The van der Waals surface area contributed by atoms with Gasteiger partial charge in [0.2, 0.25) is 0 Å². The van der Waals surface area contributed by atoms with E-state index in [4.69, 9.17) is 4.84 Å². The lowest BCUT2D eigenvalue weighted by atomic mass is 9.53. The van der Waals surface area contributed by atoms with Gasteiger partial charge < -0.3 is 4.84 Å². The minimum Gasteiger partial charge on any atom is -0.376 e. The summed E-state index contributed by atoms with van der Waals surface area (Å²) in [6, 6.07) is 10.2. The van der Waals surface area contributed by atoms with E-state index >= 15 is 0 Å². The van der Waals surface area contributed by atoms with Crippen molar-refractivity contribution in [3.8, 4) is 0 Å². The van der Waals surface area contributed by atoms with E-state index in [1.807, 2.05) is 18.2 Å². The van der Waals surface area contributed by atoms with E-state index in [0.29, 0.717) is 30.6 Å². The SMILES string of the molecule is FC12CC3C[C@H](C1)C1(ON=C(c4ccccc4)S1)[C@@H](C3)C2. The third-order valence-electron chi connectivity index (χ3n) is 5.80. The fourth-order valence-corrected chi connectivity index (χ4v) is 6.54. The molecule has 4 saturated carbocycles. The molecule has 6 rings (SSSR count). The van der Waals surface area contributed by atoms with Crippen molar-refractivity contribution in [2.24, 2.45) is 22.9 Å². The van der Waals surface area contributed by atoms with Gasteiger partial charge in [-0.2, -0.15) is 0 Å². The van der Waals surface area contributed by atoms with Crippen LogP contribution in [0.3, 0.4) is 0 Å². The molecule has 1 aliphatic heterocycles. The smallest absolute Gasteiger partial charge is 0.194 e. The average Bonchev–Trinajstić information content (AvgIpc) is 2.91. The lowest BCUT2D eigenvalue weighted by Gasteiger charge is -2.59. The molecule has 4 fully saturated rings. The maximum absolute atomic E-state index is 14.8. The Morgan fingerprint density at radius 2 is 1.81 bits per heavy atom. The third-order valence-corrected chi connectivity index (χ3v) is 7.36. The number of hydrogen-bond acceptors (Lipinski definition) is 3. The highest BCUT2D eigenvalue weighted by Crippen LogP contribution is 2.67. The van der Waals surface area contributed by atoms with Crippen molar-refractivity contribution < 1.29 is 9.23 Å². The van der Waals surface area contributed by atoms with Crippen LogP contribution in [-0.4, -0.2) is 15.6 Å². The number of rotatable bonds is 1. The Bertz CT molecular complexity index is 600. The molecule has 0 N–H and O–H groups in total. The Morgan fingerprint density at radius 3 is 2.48 bits per heavy atom. The van der Waals surface area contributed by atoms with Crippen LogP contribution in [0.15, 0.2) is 35.5 Å². The Kier molecular flexibility index (Phi) is 2.40. The van der Waals surface area contributed by atoms with Crippen molar-refractivity contribution in [2.45, 2.75) is 42.7 Å². The van der Waals surface area contributed by atoms with Crippen molar-refractivity contribution in [3.05, 3.63) is 35.9 Å². The third kappa shape index (κ3) is 1.68. The highest BCUT2D eigenvalue weighted by atomic mass is 32.2. The molecule has 4 bridgehead atoms. The highest BCUT2D eigenvalue weighted by molar-refractivity contribution is 8.15. The first-order valence-corrected chi connectivity index (χ1v) is 8.68. The van der Waals surface area contributed by atoms with Gasteiger partial charge in [0, 0.05) is 17.4 Å². The maximum atomic E-state index is 14.8. The Hall–Kier alpha value is -1.03. The van der Waals surface area contributed by atoms with E-state index in [-0.39, 0.29) is 4.93 Å². The van der Waals surface area contributed by atoms with Crippen LogP contribution in [0.25, 0.3) is 0 Å². The summed E-state index contributed by atoms with van der Waals surface area (Å²) in [4.78, 5) is 5.73. The van der Waals surface area contributed by atoms with Crippen molar-refractivity contribution in [1.82, 2.24) is 0 Å². The highest BCUT2D eigenvalue weighted by Gasteiger charge is 2.66. The summed E-state index contributed by atoms with van der Waals surface area (Å²) in [5.41, 5.74) is 0.199. The number of halogens is 1. The van der Waals surface area contributed by atoms with Crippen LogP contribution in [0.5, 0.6) is 0 Å². The summed E-state index contributed by atoms with van der Waals surface area (Å²) in [5.74, 6) is 1.22. The van der Waals surface area contributed by atoms with E-state index in [9.17, 15) is 4.39 Å². The van der Waals surface area contributed by atoms with Crippen LogP contribution >= 0.6 is 11.8 Å². The molecule has 0 radical (unpaired) electrons. The van der Waals surface area contributed by atoms with Crippen LogP contribution in [0, 0.1) is 17.8 Å².